The molecule has 1 aliphatic rings. The molecule has 0 saturated heterocycles. The van der Waals surface area contributed by atoms with Gasteiger partial charge in [-0.25, -0.2) is 9.97 Å². The molecule has 1 aromatic carbocycles. The lowest BCUT2D eigenvalue weighted by Crippen LogP contribution is -1.98. The van der Waals surface area contributed by atoms with Crippen LogP contribution in [0.2, 0.25) is 5.02 Å². The Kier molecular flexibility index (Phi) is 4.14. The minimum Gasteiger partial charge on any atom is -0.340 e. The van der Waals surface area contributed by atoms with E-state index in [1.165, 1.54) is 22.5 Å². The van der Waals surface area contributed by atoms with E-state index in [4.69, 9.17) is 21.6 Å². The molecular weight excluding hydrogens is 414 g/mol. The van der Waals surface area contributed by atoms with Gasteiger partial charge in [0.15, 0.2) is 0 Å². The summed E-state index contributed by atoms with van der Waals surface area (Å²) in [4.78, 5) is 18.4. The second-order valence-corrected chi connectivity index (χ2v) is 8.89. The smallest absolute Gasteiger partial charge is 0.140 e. The standard InChI is InChI=1S/C23H16ClN5S/c24-17-7-9-25-12-16(17)20-11-19-15(2-1-8-26-19)22(28-20)27-14-5-6-18-21(10-14)30-23(29-18)13-3-4-13/h1-2,5-13H,3-4H2,(H,27,28). The Morgan fingerprint density at radius 2 is 1.93 bits per heavy atom. The number of thiazole rings is 1. The molecule has 1 aliphatic carbocycles. The van der Waals surface area contributed by atoms with Crippen molar-refractivity contribution in [2.24, 2.45) is 0 Å². The number of aromatic nitrogens is 4. The summed E-state index contributed by atoms with van der Waals surface area (Å²) in [6.07, 6.45) is 7.70. The van der Waals surface area contributed by atoms with Gasteiger partial charge in [-0.2, -0.15) is 0 Å². The van der Waals surface area contributed by atoms with Gasteiger partial charge >= 0.3 is 0 Å². The molecule has 1 N–H and O–H groups in total. The summed E-state index contributed by atoms with van der Waals surface area (Å²) >= 11 is 8.18. The van der Waals surface area contributed by atoms with Gasteiger partial charge in [0, 0.05) is 41.1 Å². The SMILES string of the molecule is Clc1ccncc1-c1cc2ncccc2c(Nc2ccc3nc(C4CC4)sc3c2)n1. The van der Waals surface area contributed by atoms with Crippen molar-refractivity contribution in [3.05, 3.63) is 71.1 Å². The number of benzene rings is 1. The molecule has 0 bridgehead atoms. The molecule has 6 rings (SSSR count). The van der Waals surface area contributed by atoms with Crippen LogP contribution in [0.3, 0.4) is 0 Å². The van der Waals surface area contributed by atoms with Crippen LogP contribution in [0.5, 0.6) is 0 Å². The highest BCUT2D eigenvalue weighted by molar-refractivity contribution is 7.18. The molecule has 0 aliphatic heterocycles. The Bertz CT molecular complexity index is 1410. The Labute approximate surface area is 181 Å². The zero-order valence-electron chi connectivity index (χ0n) is 15.8. The molecule has 0 unspecified atom stereocenters. The number of hydrogen-bond acceptors (Lipinski definition) is 6. The Morgan fingerprint density at radius 1 is 1.00 bits per heavy atom. The van der Waals surface area contributed by atoms with Gasteiger partial charge in [-0.15, -0.1) is 11.3 Å². The highest BCUT2D eigenvalue weighted by Gasteiger charge is 2.27. The molecule has 0 amide bonds. The van der Waals surface area contributed by atoms with Crippen LogP contribution in [0.4, 0.5) is 11.5 Å². The fourth-order valence-electron chi connectivity index (χ4n) is 3.54. The predicted octanol–water partition coefficient (Wildman–Crippen LogP) is 6.58. The van der Waals surface area contributed by atoms with E-state index in [1.807, 2.05) is 24.3 Å². The molecule has 4 aromatic heterocycles. The first-order valence-corrected chi connectivity index (χ1v) is 11.0. The number of nitrogens with one attached hydrogen (secondary N) is 1. The molecule has 7 heteroatoms. The second kappa shape index (κ2) is 7.00. The van der Waals surface area contributed by atoms with Crippen LogP contribution in [-0.2, 0) is 0 Å². The van der Waals surface area contributed by atoms with Crippen LogP contribution in [0.1, 0.15) is 23.8 Å². The van der Waals surface area contributed by atoms with Crippen molar-refractivity contribution in [2.75, 3.05) is 5.32 Å². The van der Waals surface area contributed by atoms with Gasteiger partial charge in [0.2, 0.25) is 0 Å². The number of hydrogen-bond donors (Lipinski definition) is 1. The van der Waals surface area contributed by atoms with Crippen molar-refractivity contribution in [1.29, 1.82) is 0 Å². The van der Waals surface area contributed by atoms with Crippen molar-refractivity contribution < 1.29 is 0 Å². The summed E-state index contributed by atoms with van der Waals surface area (Å²) in [5.41, 5.74) is 4.39. The van der Waals surface area contributed by atoms with Gasteiger partial charge in [0.1, 0.15) is 5.82 Å². The average molecular weight is 430 g/mol. The average Bonchev–Trinajstić information content (AvgIpc) is 3.53. The fraction of sp³-hybridized carbons (Fsp3) is 0.130. The first-order chi connectivity index (χ1) is 14.7. The third kappa shape index (κ3) is 3.18. The topological polar surface area (TPSA) is 63.6 Å². The molecule has 146 valence electrons. The molecule has 5 nitrogen and oxygen atoms in total. The first kappa shape index (κ1) is 17.7. The zero-order chi connectivity index (χ0) is 20.1. The van der Waals surface area contributed by atoms with Crippen molar-refractivity contribution in [1.82, 2.24) is 19.9 Å². The van der Waals surface area contributed by atoms with E-state index >= 15 is 0 Å². The van der Waals surface area contributed by atoms with Crippen molar-refractivity contribution in [3.63, 3.8) is 0 Å². The molecule has 0 radical (unpaired) electrons. The summed E-state index contributed by atoms with van der Waals surface area (Å²) in [6, 6.07) is 13.9. The summed E-state index contributed by atoms with van der Waals surface area (Å²) in [7, 11) is 0. The van der Waals surface area contributed by atoms with Crippen LogP contribution < -0.4 is 5.32 Å². The van der Waals surface area contributed by atoms with E-state index in [0.29, 0.717) is 10.9 Å². The fourth-order valence-corrected chi connectivity index (χ4v) is 4.91. The van der Waals surface area contributed by atoms with Crippen molar-refractivity contribution >= 4 is 55.6 Å². The maximum atomic E-state index is 6.39. The van der Waals surface area contributed by atoms with Gasteiger partial charge < -0.3 is 5.32 Å². The van der Waals surface area contributed by atoms with E-state index in [-0.39, 0.29) is 0 Å². The summed E-state index contributed by atoms with van der Waals surface area (Å²) in [6.45, 7) is 0. The summed E-state index contributed by atoms with van der Waals surface area (Å²) < 4.78 is 1.19. The Hall–Kier alpha value is -3.09. The van der Waals surface area contributed by atoms with Crippen LogP contribution in [0, 0.1) is 0 Å². The first-order valence-electron chi connectivity index (χ1n) is 9.78. The van der Waals surface area contributed by atoms with Crippen LogP contribution in [0.15, 0.2) is 61.1 Å². The van der Waals surface area contributed by atoms with Crippen molar-refractivity contribution in [2.45, 2.75) is 18.8 Å². The Balaban J connectivity index is 1.45. The second-order valence-electron chi connectivity index (χ2n) is 7.42. The van der Waals surface area contributed by atoms with E-state index in [1.54, 1.807) is 36.0 Å². The van der Waals surface area contributed by atoms with E-state index in [2.05, 4.69) is 27.4 Å². The lowest BCUT2D eigenvalue weighted by atomic mass is 10.1. The lowest BCUT2D eigenvalue weighted by Gasteiger charge is -2.12. The lowest BCUT2D eigenvalue weighted by molar-refractivity contribution is 1.10. The van der Waals surface area contributed by atoms with Gasteiger partial charge in [0.05, 0.1) is 31.5 Å². The summed E-state index contributed by atoms with van der Waals surface area (Å²) in [5, 5.41) is 6.30. The normalized spacial score (nSPS) is 13.8. The number of pyridine rings is 3. The largest absolute Gasteiger partial charge is 0.340 e. The highest BCUT2D eigenvalue weighted by atomic mass is 35.5. The van der Waals surface area contributed by atoms with Crippen LogP contribution in [0.25, 0.3) is 32.4 Å². The number of rotatable bonds is 4. The molecule has 30 heavy (non-hydrogen) atoms. The minimum atomic E-state index is 0.609. The third-order valence-corrected chi connectivity index (χ3v) is 6.75. The molecule has 5 aromatic rings. The van der Waals surface area contributed by atoms with E-state index in [0.717, 1.165) is 39.2 Å². The third-order valence-electron chi connectivity index (χ3n) is 5.24. The minimum absolute atomic E-state index is 0.609. The molecule has 1 fully saturated rings. The zero-order valence-corrected chi connectivity index (χ0v) is 17.4. The summed E-state index contributed by atoms with van der Waals surface area (Å²) in [5.74, 6) is 1.40. The monoisotopic (exact) mass is 429 g/mol. The number of nitrogens with zero attached hydrogens (tertiary/aromatic N) is 4. The number of halogens is 1. The molecule has 1 saturated carbocycles. The molecular formula is C23H16ClN5S. The van der Waals surface area contributed by atoms with Crippen LogP contribution in [-0.4, -0.2) is 19.9 Å². The van der Waals surface area contributed by atoms with Crippen molar-refractivity contribution in [3.8, 4) is 11.3 Å². The number of fused-ring (bicyclic) bond motifs is 2. The Morgan fingerprint density at radius 3 is 2.80 bits per heavy atom. The maximum absolute atomic E-state index is 6.39. The van der Waals surface area contributed by atoms with Crippen LogP contribution >= 0.6 is 22.9 Å². The highest BCUT2D eigenvalue weighted by Crippen LogP contribution is 2.43. The van der Waals surface area contributed by atoms with Gasteiger partial charge in [-0.3, -0.25) is 9.97 Å². The van der Waals surface area contributed by atoms with E-state index in [9.17, 15) is 0 Å². The predicted molar refractivity (Wildman–Crippen MR) is 123 cm³/mol. The molecule has 4 heterocycles. The quantitative estimate of drug-likeness (QED) is 0.349. The van der Waals surface area contributed by atoms with Gasteiger partial charge in [-0.1, -0.05) is 11.6 Å². The van der Waals surface area contributed by atoms with Gasteiger partial charge in [0.25, 0.3) is 0 Å². The molecule has 0 atom stereocenters. The number of anilines is 2. The van der Waals surface area contributed by atoms with Gasteiger partial charge in [-0.05, 0) is 55.3 Å². The maximum Gasteiger partial charge on any atom is 0.140 e. The molecule has 0 spiro atoms. The van der Waals surface area contributed by atoms with E-state index < -0.39 is 0 Å².